The number of fused-ring (bicyclic) bond motifs is 1. The molecular weight excluding hydrogens is 429 g/mol. The molecule has 1 aliphatic carbocycles. The Bertz CT molecular complexity index is 993. The fourth-order valence-corrected chi connectivity index (χ4v) is 4.08. The van der Waals surface area contributed by atoms with Crippen LogP contribution in [0, 0.1) is 6.92 Å². The smallest absolute Gasteiger partial charge is 0.416 e. The van der Waals surface area contributed by atoms with Crippen LogP contribution in [0.15, 0.2) is 36.4 Å². The summed E-state index contributed by atoms with van der Waals surface area (Å²) in [6.07, 6.45) is 3.94. The Hall–Kier alpha value is -2.76. The quantitative estimate of drug-likeness (QED) is 0.289. The van der Waals surface area contributed by atoms with Gasteiger partial charge < -0.3 is 9.47 Å². The number of alkyl halides is 3. The van der Waals surface area contributed by atoms with Gasteiger partial charge in [-0.05, 0) is 104 Å². The van der Waals surface area contributed by atoms with Crippen LogP contribution in [-0.4, -0.2) is 19.2 Å². The number of ether oxygens (including phenoxy) is 2. The molecule has 0 spiro atoms. The Morgan fingerprint density at radius 2 is 1.73 bits per heavy atom. The van der Waals surface area contributed by atoms with Crippen molar-refractivity contribution >= 4 is 17.6 Å². The van der Waals surface area contributed by atoms with Crippen molar-refractivity contribution in [1.82, 2.24) is 0 Å². The van der Waals surface area contributed by atoms with Crippen molar-refractivity contribution in [1.29, 1.82) is 0 Å². The van der Waals surface area contributed by atoms with E-state index in [-0.39, 0.29) is 5.97 Å². The molecule has 0 aliphatic heterocycles. The van der Waals surface area contributed by atoms with Gasteiger partial charge >= 0.3 is 12.1 Å². The molecule has 0 saturated carbocycles. The van der Waals surface area contributed by atoms with E-state index in [9.17, 15) is 18.0 Å². The first-order valence-electron chi connectivity index (χ1n) is 11.5. The van der Waals surface area contributed by atoms with Gasteiger partial charge in [0.05, 0.1) is 18.8 Å². The highest BCUT2D eigenvalue weighted by Gasteiger charge is 2.31. The monoisotopic (exact) mass is 460 g/mol. The molecule has 0 fully saturated rings. The summed E-state index contributed by atoms with van der Waals surface area (Å²) in [7, 11) is 0. The first-order chi connectivity index (χ1) is 15.7. The number of unbranched alkanes of at least 4 members (excludes halogenated alkanes) is 3. The van der Waals surface area contributed by atoms with Crippen LogP contribution in [0.3, 0.4) is 0 Å². The van der Waals surface area contributed by atoms with E-state index in [0.717, 1.165) is 79.0 Å². The lowest BCUT2D eigenvalue weighted by atomic mass is 9.94. The van der Waals surface area contributed by atoms with Crippen LogP contribution in [0.25, 0.3) is 11.6 Å². The van der Waals surface area contributed by atoms with Gasteiger partial charge in [0.2, 0.25) is 0 Å². The van der Waals surface area contributed by atoms with E-state index in [1.807, 2.05) is 25.1 Å². The molecule has 178 valence electrons. The Labute approximate surface area is 193 Å². The minimum atomic E-state index is -4.35. The van der Waals surface area contributed by atoms with E-state index in [0.29, 0.717) is 18.8 Å². The van der Waals surface area contributed by atoms with Crippen molar-refractivity contribution < 1.29 is 27.4 Å². The van der Waals surface area contributed by atoms with Crippen molar-refractivity contribution in [2.24, 2.45) is 0 Å². The second-order valence-electron chi connectivity index (χ2n) is 8.51. The highest BCUT2D eigenvalue weighted by Crippen LogP contribution is 2.36. The summed E-state index contributed by atoms with van der Waals surface area (Å²) < 4.78 is 50.5. The average molecular weight is 461 g/mol. The van der Waals surface area contributed by atoms with E-state index in [1.165, 1.54) is 13.0 Å². The lowest BCUT2D eigenvalue weighted by molar-refractivity contribution is -0.141. The van der Waals surface area contributed by atoms with Gasteiger partial charge in [-0.25, -0.2) is 0 Å². The van der Waals surface area contributed by atoms with Crippen LogP contribution in [0.5, 0.6) is 5.75 Å². The van der Waals surface area contributed by atoms with Crippen LogP contribution < -0.4 is 4.74 Å². The highest BCUT2D eigenvalue weighted by molar-refractivity contribution is 5.84. The number of esters is 1. The van der Waals surface area contributed by atoms with Crippen LogP contribution >= 0.6 is 0 Å². The number of hydrogen-bond donors (Lipinski definition) is 0. The van der Waals surface area contributed by atoms with E-state index >= 15 is 0 Å². The molecule has 0 unspecified atom stereocenters. The predicted octanol–water partition coefficient (Wildman–Crippen LogP) is 7.39. The fraction of sp³-hybridized carbons (Fsp3) is 0.444. The van der Waals surface area contributed by atoms with Crippen LogP contribution in [0.1, 0.15) is 73.3 Å². The molecule has 0 aromatic heterocycles. The van der Waals surface area contributed by atoms with Crippen molar-refractivity contribution in [3.05, 3.63) is 64.2 Å². The number of benzene rings is 2. The van der Waals surface area contributed by atoms with Crippen molar-refractivity contribution in [3.63, 3.8) is 0 Å². The number of carbonyl (C=O) groups excluding carboxylic acids is 1. The summed E-state index contributed by atoms with van der Waals surface area (Å²) in [6, 6.07) is 9.95. The maximum Gasteiger partial charge on any atom is 0.416 e. The third-order valence-electron chi connectivity index (χ3n) is 5.86. The minimum absolute atomic E-state index is 0.242. The van der Waals surface area contributed by atoms with E-state index in [4.69, 9.17) is 9.47 Å². The van der Waals surface area contributed by atoms with Gasteiger partial charge in [-0.3, -0.25) is 4.79 Å². The summed E-state index contributed by atoms with van der Waals surface area (Å²) >= 11 is 0. The molecule has 6 heteroatoms. The molecule has 3 nitrogen and oxygen atoms in total. The summed E-state index contributed by atoms with van der Waals surface area (Å²) in [5.74, 6) is 0.578. The molecule has 1 aliphatic rings. The van der Waals surface area contributed by atoms with Gasteiger partial charge in [-0.1, -0.05) is 18.2 Å². The molecule has 0 radical (unpaired) electrons. The van der Waals surface area contributed by atoms with Gasteiger partial charge in [0.1, 0.15) is 5.75 Å². The molecule has 0 saturated heterocycles. The summed E-state index contributed by atoms with van der Waals surface area (Å²) in [6.45, 7) is 4.36. The summed E-state index contributed by atoms with van der Waals surface area (Å²) in [5.41, 5.74) is 4.06. The normalized spacial score (nSPS) is 13.7. The van der Waals surface area contributed by atoms with Gasteiger partial charge in [0.15, 0.2) is 0 Å². The molecule has 33 heavy (non-hydrogen) atoms. The molecule has 2 aromatic rings. The molecule has 0 amide bonds. The van der Waals surface area contributed by atoms with E-state index in [1.54, 1.807) is 6.07 Å². The van der Waals surface area contributed by atoms with Crippen LogP contribution in [0.2, 0.25) is 0 Å². The number of hydrogen-bond acceptors (Lipinski definition) is 3. The maximum atomic E-state index is 13.2. The number of rotatable bonds is 9. The Kier molecular flexibility index (Phi) is 8.59. The third-order valence-corrected chi connectivity index (χ3v) is 5.86. The highest BCUT2D eigenvalue weighted by atomic mass is 19.4. The Morgan fingerprint density at radius 1 is 0.970 bits per heavy atom. The summed E-state index contributed by atoms with van der Waals surface area (Å²) in [4.78, 5) is 10.7. The molecular formula is C27H31F3O3. The van der Waals surface area contributed by atoms with Crippen molar-refractivity contribution in [2.45, 2.75) is 65.0 Å². The van der Waals surface area contributed by atoms with Gasteiger partial charge in [0.25, 0.3) is 0 Å². The average Bonchev–Trinajstić information content (AvgIpc) is 2.97. The maximum absolute atomic E-state index is 13.2. The topological polar surface area (TPSA) is 35.5 Å². The SMILES string of the molecule is CC(=O)OCCCCCCOc1ccc2c(c1)CCCC(c1cc(C(F)(F)F)ccc1C)=C2. The number of carbonyl (C=O) groups is 1. The second kappa shape index (κ2) is 11.4. The van der Waals surface area contributed by atoms with Crippen molar-refractivity contribution in [3.8, 4) is 5.75 Å². The second-order valence-corrected chi connectivity index (χ2v) is 8.51. The standard InChI is InChI=1S/C27H31F3O3/c1-19-10-12-24(27(28,29)30)18-26(19)23-9-7-8-21-17-25(13-11-22(21)16-23)33-15-6-4-3-5-14-32-20(2)31/h10-13,16-18H,3-9,14-15H2,1-2H3. The molecule has 0 bridgehead atoms. The van der Waals surface area contributed by atoms with E-state index in [2.05, 4.69) is 6.07 Å². The molecule has 0 heterocycles. The Morgan fingerprint density at radius 3 is 2.45 bits per heavy atom. The third kappa shape index (κ3) is 7.37. The van der Waals surface area contributed by atoms with E-state index < -0.39 is 11.7 Å². The Balaban J connectivity index is 1.61. The number of aryl methyl sites for hydroxylation is 2. The summed E-state index contributed by atoms with van der Waals surface area (Å²) in [5, 5.41) is 0. The zero-order chi connectivity index (χ0) is 23.8. The molecule has 2 aromatic carbocycles. The lowest BCUT2D eigenvalue weighted by Crippen LogP contribution is -2.06. The zero-order valence-electron chi connectivity index (χ0n) is 19.3. The predicted molar refractivity (Wildman–Crippen MR) is 124 cm³/mol. The number of allylic oxidation sites excluding steroid dienone is 1. The van der Waals surface area contributed by atoms with Gasteiger partial charge in [-0.15, -0.1) is 0 Å². The van der Waals surface area contributed by atoms with Gasteiger partial charge in [0, 0.05) is 6.92 Å². The van der Waals surface area contributed by atoms with Gasteiger partial charge in [-0.2, -0.15) is 13.2 Å². The van der Waals surface area contributed by atoms with Crippen LogP contribution in [-0.2, 0) is 22.1 Å². The zero-order valence-corrected chi connectivity index (χ0v) is 19.3. The fourth-order valence-electron chi connectivity index (χ4n) is 4.08. The number of halogens is 3. The first-order valence-corrected chi connectivity index (χ1v) is 11.5. The minimum Gasteiger partial charge on any atom is -0.494 e. The largest absolute Gasteiger partial charge is 0.494 e. The lowest BCUT2D eigenvalue weighted by Gasteiger charge is -2.14. The van der Waals surface area contributed by atoms with Crippen LogP contribution in [0.4, 0.5) is 13.2 Å². The molecule has 0 N–H and O–H groups in total. The first kappa shape index (κ1) is 24.9. The molecule has 0 atom stereocenters. The molecule has 3 rings (SSSR count). The van der Waals surface area contributed by atoms with Crippen molar-refractivity contribution in [2.75, 3.05) is 13.2 Å².